The van der Waals surface area contributed by atoms with Crippen molar-refractivity contribution in [1.29, 1.82) is 0 Å². The lowest BCUT2D eigenvalue weighted by molar-refractivity contribution is 0.0523. The van der Waals surface area contributed by atoms with Crippen LogP contribution in [0, 0.1) is 0 Å². The zero-order valence-electron chi connectivity index (χ0n) is 10.4. The highest BCUT2D eigenvalue weighted by Crippen LogP contribution is 2.31. The smallest absolute Gasteiger partial charge is 0.343 e. The number of hydrogen-bond donors (Lipinski definition) is 0. The fourth-order valence-corrected chi connectivity index (χ4v) is 2.40. The van der Waals surface area contributed by atoms with Crippen LogP contribution in [0.5, 0.6) is 0 Å². The van der Waals surface area contributed by atoms with Crippen LogP contribution in [-0.2, 0) is 18.2 Å². The van der Waals surface area contributed by atoms with E-state index in [0.717, 1.165) is 24.1 Å². The number of aromatic nitrogens is 1. The predicted octanol–water partition coefficient (Wildman–Crippen LogP) is 1.61. The molecule has 0 aromatic carbocycles. The van der Waals surface area contributed by atoms with Gasteiger partial charge in [0.1, 0.15) is 5.56 Å². The summed E-state index contributed by atoms with van der Waals surface area (Å²) in [5.74, 6) is -0.111. The van der Waals surface area contributed by atoms with Crippen molar-refractivity contribution in [3.05, 3.63) is 33.2 Å². The van der Waals surface area contributed by atoms with Gasteiger partial charge in [-0.05, 0) is 37.3 Å². The molecule has 1 aliphatic rings. The topological polar surface area (TPSA) is 48.3 Å². The molecule has 0 spiro atoms. The Morgan fingerprint density at radius 1 is 1.59 bits per heavy atom. The van der Waals surface area contributed by atoms with Crippen LogP contribution in [0.3, 0.4) is 0 Å². The molecule has 1 aromatic rings. The lowest BCUT2D eigenvalue weighted by Gasteiger charge is -2.11. The highest BCUT2D eigenvalue weighted by Gasteiger charge is 2.25. The molecule has 0 aliphatic heterocycles. The minimum Gasteiger partial charge on any atom is -0.462 e. The van der Waals surface area contributed by atoms with E-state index in [0.29, 0.717) is 5.92 Å². The summed E-state index contributed by atoms with van der Waals surface area (Å²) >= 11 is 0. The Morgan fingerprint density at radius 2 is 2.29 bits per heavy atom. The quantitative estimate of drug-likeness (QED) is 0.732. The number of ether oxygens (including phenoxy) is 1. The molecule has 0 saturated carbocycles. The number of pyridine rings is 1. The largest absolute Gasteiger partial charge is 0.462 e. The van der Waals surface area contributed by atoms with Crippen molar-refractivity contribution < 1.29 is 9.53 Å². The van der Waals surface area contributed by atoms with Gasteiger partial charge in [-0.3, -0.25) is 4.79 Å². The molecule has 1 aliphatic carbocycles. The molecular formula is C13H17NO3. The fourth-order valence-electron chi connectivity index (χ4n) is 2.40. The maximum atomic E-state index is 12.0. The summed E-state index contributed by atoms with van der Waals surface area (Å²) < 4.78 is 6.49. The first kappa shape index (κ1) is 11.9. The monoisotopic (exact) mass is 235 g/mol. The summed E-state index contributed by atoms with van der Waals surface area (Å²) in [6.45, 7) is 4.14. The van der Waals surface area contributed by atoms with Gasteiger partial charge in [0.15, 0.2) is 0 Å². The number of rotatable bonds is 2. The van der Waals surface area contributed by atoms with E-state index in [2.05, 4.69) is 6.92 Å². The first-order chi connectivity index (χ1) is 8.06. The molecule has 0 amide bonds. The number of carbonyl (C=O) groups excluding carboxylic acids is 1. The maximum Gasteiger partial charge on any atom is 0.343 e. The predicted molar refractivity (Wildman–Crippen MR) is 64.4 cm³/mol. The van der Waals surface area contributed by atoms with Gasteiger partial charge < -0.3 is 9.30 Å². The molecule has 0 N–H and O–H groups in total. The summed E-state index contributed by atoms with van der Waals surface area (Å²) in [6, 6.07) is 1.72. The van der Waals surface area contributed by atoms with Crippen LogP contribution in [0.25, 0.3) is 0 Å². The maximum absolute atomic E-state index is 12.0. The van der Waals surface area contributed by atoms with Crippen LogP contribution >= 0.6 is 0 Å². The van der Waals surface area contributed by atoms with E-state index in [1.165, 1.54) is 0 Å². The molecule has 4 heteroatoms. The van der Waals surface area contributed by atoms with E-state index in [1.54, 1.807) is 24.6 Å². The molecule has 4 nitrogen and oxygen atoms in total. The van der Waals surface area contributed by atoms with Crippen molar-refractivity contribution in [1.82, 2.24) is 4.57 Å². The van der Waals surface area contributed by atoms with E-state index >= 15 is 0 Å². The fraction of sp³-hybridized carbons (Fsp3) is 0.538. The van der Waals surface area contributed by atoms with Crippen molar-refractivity contribution in [2.45, 2.75) is 32.6 Å². The van der Waals surface area contributed by atoms with Gasteiger partial charge in [-0.25, -0.2) is 4.79 Å². The molecule has 92 valence electrons. The third-order valence-corrected chi connectivity index (χ3v) is 3.41. The summed E-state index contributed by atoms with van der Waals surface area (Å²) in [5, 5.41) is 0. The highest BCUT2D eigenvalue weighted by atomic mass is 16.5. The average molecular weight is 235 g/mol. The summed E-state index contributed by atoms with van der Waals surface area (Å²) in [6.07, 6.45) is 1.94. The lowest BCUT2D eigenvalue weighted by atomic mass is 10.0. The van der Waals surface area contributed by atoms with Crippen LogP contribution in [0.2, 0.25) is 0 Å². The minimum absolute atomic E-state index is 0.154. The SMILES string of the molecule is CCOC(=O)c1cc2c(n(C)c1=O)CC[C@H]2C. The first-order valence-electron chi connectivity index (χ1n) is 5.96. The van der Waals surface area contributed by atoms with Gasteiger partial charge in [0, 0.05) is 12.7 Å². The number of nitrogens with zero attached hydrogens (tertiary/aromatic N) is 1. The van der Waals surface area contributed by atoms with E-state index < -0.39 is 5.97 Å². The molecule has 0 unspecified atom stereocenters. The average Bonchev–Trinajstić information content (AvgIpc) is 2.66. The molecule has 1 heterocycles. The van der Waals surface area contributed by atoms with Gasteiger partial charge in [-0.15, -0.1) is 0 Å². The lowest BCUT2D eigenvalue weighted by Crippen LogP contribution is -2.28. The molecule has 0 radical (unpaired) electrons. The van der Waals surface area contributed by atoms with E-state index in [1.807, 2.05) is 0 Å². The second kappa shape index (κ2) is 4.35. The van der Waals surface area contributed by atoms with Crippen molar-refractivity contribution in [3.8, 4) is 0 Å². The normalized spacial score (nSPS) is 17.9. The molecule has 0 fully saturated rings. The van der Waals surface area contributed by atoms with Gasteiger partial charge >= 0.3 is 5.97 Å². The van der Waals surface area contributed by atoms with Crippen molar-refractivity contribution >= 4 is 5.97 Å². The molecule has 0 bridgehead atoms. The van der Waals surface area contributed by atoms with E-state index in [-0.39, 0.29) is 17.7 Å². The third kappa shape index (κ3) is 1.88. The van der Waals surface area contributed by atoms with Crippen molar-refractivity contribution in [3.63, 3.8) is 0 Å². The van der Waals surface area contributed by atoms with Crippen LogP contribution in [0.4, 0.5) is 0 Å². The summed E-state index contributed by atoms with van der Waals surface area (Å²) in [5.41, 5.74) is 2.06. The molecule has 2 rings (SSSR count). The Hall–Kier alpha value is -1.58. The van der Waals surface area contributed by atoms with Gasteiger partial charge in [0.25, 0.3) is 5.56 Å². The van der Waals surface area contributed by atoms with Gasteiger partial charge in [0.05, 0.1) is 6.61 Å². The molecular weight excluding hydrogens is 218 g/mol. The van der Waals surface area contributed by atoms with E-state index in [4.69, 9.17) is 4.74 Å². The third-order valence-electron chi connectivity index (χ3n) is 3.41. The molecule has 17 heavy (non-hydrogen) atoms. The first-order valence-corrected chi connectivity index (χ1v) is 5.96. The van der Waals surface area contributed by atoms with Crippen LogP contribution in [-0.4, -0.2) is 17.1 Å². The van der Waals surface area contributed by atoms with Gasteiger partial charge in [-0.2, -0.15) is 0 Å². The molecule has 1 aromatic heterocycles. The Bertz CT molecular complexity index is 516. The van der Waals surface area contributed by atoms with Crippen LogP contribution < -0.4 is 5.56 Å². The number of fused-ring (bicyclic) bond motifs is 1. The second-order valence-electron chi connectivity index (χ2n) is 4.48. The highest BCUT2D eigenvalue weighted by molar-refractivity contribution is 5.89. The Labute approximate surface area is 100 Å². The van der Waals surface area contributed by atoms with Crippen LogP contribution in [0.1, 0.15) is 47.8 Å². The van der Waals surface area contributed by atoms with Crippen LogP contribution in [0.15, 0.2) is 10.9 Å². The second-order valence-corrected chi connectivity index (χ2v) is 4.48. The summed E-state index contributed by atoms with van der Waals surface area (Å²) in [4.78, 5) is 23.7. The molecule has 0 saturated heterocycles. The molecule has 1 atom stereocenters. The zero-order chi connectivity index (χ0) is 12.6. The number of carbonyl (C=O) groups is 1. The number of hydrogen-bond acceptors (Lipinski definition) is 3. The van der Waals surface area contributed by atoms with Gasteiger partial charge in [0.2, 0.25) is 0 Å². The number of esters is 1. The Morgan fingerprint density at radius 3 is 2.94 bits per heavy atom. The van der Waals surface area contributed by atoms with Crippen molar-refractivity contribution in [2.24, 2.45) is 7.05 Å². The Kier molecular flexibility index (Phi) is 3.05. The van der Waals surface area contributed by atoms with E-state index in [9.17, 15) is 9.59 Å². The Balaban J connectivity index is 2.56. The van der Waals surface area contributed by atoms with Gasteiger partial charge in [-0.1, -0.05) is 6.92 Å². The summed E-state index contributed by atoms with van der Waals surface area (Å²) in [7, 11) is 1.72. The van der Waals surface area contributed by atoms with Crippen molar-refractivity contribution in [2.75, 3.05) is 6.61 Å². The zero-order valence-corrected chi connectivity index (χ0v) is 10.4. The standard InChI is InChI=1S/C13H17NO3/c1-4-17-13(16)10-7-9-8(2)5-6-11(9)14(3)12(10)15/h7-8H,4-6H2,1-3H3/t8-/m1/s1. The minimum atomic E-state index is -0.519.